The van der Waals surface area contributed by atoms with Gasteiger partial charge in [-0.2, -0.15) is 19.7 Å². The second-order valence-corrected chi connectivity index (χ2v) is 11.8. The van der Waals surface area contributed by atoms with Crippen molar-refractivity contribution in [3.05, 3.63) is 58.9 Å². The molecule has 2 rings (SSSR count). The molecule has 1 nitrogen and oxygen atoms in total. The van der Waals surface area contributed by atoms with Gasteiger partial charge in [-0.3, -0.25) is 0 Å². The summed E-state index contributed by atoms with van der Waals surface area (Å²) in [5, 5.41) is 4.27. The van der Waals surface area contributed by atoms with E-state index in [-0.39, 0.29) is 5.76 Å². The Bertz CT molecular complexity index is 555. The lowest BCUT2D eigenvalue weighted by molar-refractivity contribution is 0.384. The van der Waals surface area contributed by atoms with Crippen molar-refractivity contribution < 1.29 is 13.2 Å². The highest BCUT2D eigenvalue weighted by atomic mass is 32.2. The molecule has 0 bridgehead atoms. The quantitative estimate of drug-likeness (QED) is 0.438. The molecule has 5 heteroatoms. The van der Waals surface area contributed by atoms with E-state index < -0.39 is 25.3 Å². The van der Waals surface area contributed by atoms with Gasteiger partial charge in [0.05, 0.1) is 0 Å². The lowest BCUT2D eigenvalue weighted by atomic mass is 10.2. The number of allylic oxidation sites excluding steroid dienone is 2. The SMILES string of the molecule is C[Si](C)(C)OC(=C(F)F)c1ccc([SH]2C=CC=C2)cc1. The van der Waals surface area contributed by atoms with Crippen LogP contribution in [0.1, 0.15) is 5.56 Å². The minimum atomic E-state index is -2.06. The molecule has 0 atom stereocenters. The number of hydrogen-bond acceptors (Lipinski definition) is 1. The van der Waals surface area contributed by atoms with Crippen LogP contribution in [0.4, 0.5) is 8.78 Å². The van der Waals surface area contributed by atoms with E-state index in [1.54, 1.807) is 12.1 Å². The Kier molecular flexibility index (Phi) is 4.50. The lowest BCUT2D eigenvalue weighted by Crippen LogP contribution is -2.24. The van der Waals surface area contributed by atoms with Crippen LogP contribution in [-0.4, -0.2) is 8.32 Å². The molecule has 1 aliphatic rings. The van der Waals surface area contributed by atoms with Gasteiger partial charge in [0, 0.05) is 5.56 Å². The number of thiol groups is 1. The van der Waals surface area contributed by atoms with Crippen LogP contribution in [0.2, 0.25) is 19.6 Å². The molecule has 0 N–H and O–H groups in total. The monoisotopic (exact) mass is 312 g/mol. The first-order valence-electron chi connectivity index (χ1n) is 6.35. The maximum atomic E-state index is 13.1. The van der Waals surface area contributed by atoms with Crippen molar-refractivity contribution in [3.63, 3.8) is 0 Å². The molecule has 1 aromatic rings. The maximum Gasteiger partial charge on any atom is 0.311 e. The van der Waals surface area contributed by atoms with E-state index in [9.17, 15) is 8.78 Å². The van der Waals surface area contributed by atoms with Crippen LogP contribution in [-0.2, 0) is 4.43 Å². The Hall–Kier alpha value is -1.33. The van der Waals surface area contributed by atoms with Gasteiger partial charge in [0.15, 0.2) is 5.76 Å². The summed E-state index contributed by atoms with van der Waals surface area (Å²) >= 11 is 0. The molecular weight excluding hydrogens is 294 g/mol. The van der Waals surface area contributed by atoms with Crippen molar-refractivity contribution in [2.75, 3.05) is 0 Å². The Morgan fingerprint density at radius 3 is 2.00 bits per heavy atom. The molecular formula is C15H18F2OSSi. The summed E-state index contributed by atoms with van der Waals surface area (Å²) in [5.41, 5.74) is 0.443. The molecule has 0 aromatic heterocycles. The van der Waals surface area contributed by atoms with Gasteiger partial charge in [-0.1, -0.05) is 24.3 Å². The molecule has 0 amide bonds. The highest BCUT2D eigenvalue weighted by Crippen LogP contribution is 2.42. The molecule has 0 radical (unpaired) electrons. The molecule has 0 aliphatic carbocycles. The van der Waals surface area contributed by atoms with Crippen LogP contribution in [0.15, 0.2) is 58.2 Å². The standard InChI is InChI=1S/C15H18F2OSSi/c1-20(2,3)18-14(15(16)17)12-6-8-13(9-7-12)19-10-4-5-11-19/h4-11,19H,1-3H3. The first-order valence-corrected chi connectivity index (χ1v) is 11.2. The molecule has 0 unspecified atom stereocenters. The molecule has 1 aliphatic heterocycles. The molecule has 1 heterocycles. The van der Waals surface area contributed by atoms with Crippen molar-refractivity contribution >= 4 is 25.0 Å². The zero-order chi connectivity index (χ0) is 14.8. The Labute approximate surface area is 122 Å². The summed E-state index contributed by atoms with van der Waals surface area (Å²) in [5.74, 6) is -0.277. The zero-order valence-electron chi connectivity index (χ0n) is 11.7. The number of hydrogen-bond donors (Lipinski definition) is 1. The normalized spacial score (nSPS) is 15.6. The van der Waals surface area contributed by atoms with Gasteiger partial charge >= 0.3 is 6.08 Å². The number of halogens is 2. The van der Waals surface area contributed by atoms with Crippen molar-refractivity contribution in [2.24, 2.45) is 0 Å². The Morgan fingerprint density at radius 1 is 1.00 bits per heavy atom. The third kappa shape index (κ3) is 3.83. The maximum absolute atomic E-state index is 13.1. The fraction of sp³-hybridized carbons (Fsp3) is 0.200. The van der Waals surface area contributed by atoms with E-state index in [4.69, 9.17) is 4.43 Å². The van der Waals surface area contributed by atoms with Gasteiger partial charge < -0.3 is 4.43 Å². The van der Waals surface area contributed by atoms with Gasteiger partial charge in [0.2, 0.25) is 8.32 Å². The summed E-state index contributed by atoms with van der Waals surface area (Å²) < 4.78 is 31.6. The van der Waals surface area contributed by atoms with Crippen LogP contribution >= 0.6 is 10.9 Å². The molecule has 108 valence electrons. The number of rotatable bonds is 4. The average Bonchev–Trinajstić information content (AvgIpc) is 2.89. The van der Waals surface area contributed by atoms with Crippen molar-refractivity contribution in [2.45, 2.75) is 24.5 Å². The van der Waals surface area contributed by atoms with Gasteiger partial charge in [-0.15, -0.1) is 0 Å². The summed E-state index contributed by atoms with van der Waals surface area (Å²) in [6, 6.07) is 7.23. The van der Waals surface area contributed by atoms with Crippen LogP contribution < -0.4 is 0 Å². The zero-order valence-corrected chi connectivity index (χ0v) is 13.6. The van der Waals surface area contributed by atoms with E-state index in [1.165, 1.54) is 0 Å². The Balaban J connectivity index is 2.25. The lowest BCUT2D eigenvalue weighted by Gasteiger charge is -2.21. The minimum absolute atomic E-state index is 0.277. The van der Waals surface area contributed by atoms with Crippen LogP contribution in [0.3, 0.4) is 0 Å². The fourth-order valence-electron chi connectivity index (χ4n) is 1.80. The predicted octanol–water partition coefficient (Wildman–Crippen LogP) is 5.50. The van der Waals surface area contributed by atoms with Crippen molar-refractivity contribution in [1.82, 2.24) is 0 Å². The highest BCUT2D eigenvalue weighted by Gasteiger charge is 2.22. The molecule has 0 saturated carbocycles. The molecule has 1 aromatic carbocycles. The van der Waals surface area contributed by atoms with Crippen LogP contribution in [0, 0.1) is 0 Å². The van der Waals surface area contributed by atoms with E-state index in [0.29, 0.717) is 5.56 Å². The van der Waals surface area contributed by atoms with Crippen molar-refractivity contribution in [3.8, 4) is 0 Å². The summed E-state index contributed by atoms with van der Waals surface area (Å²) in [6.45, 7) is 5.67. The second-order valence-electron chi connectivity index (χ2n) is 5.44. The predicted molar refractivity (Wildman–Crippen MR) is 85.5 cm³/mol. The van der Waals surface area contributed by atoms with E-state index in [1.807, 2.05) is 43.9 Å². The van der Waals surface area contributed by atoms with Crippen LogP contribution in [0.25, 0.3) is 5.76 Å². The first kappa shape index (κ1) is 15.1. The molecule has 20 heavy (non-hydrogen) atoms. The third-order valence-corrected chi connectivity index (χ3v) is 5.31. The third-order valence-electron chi connectivity index (χ3n) is 2.61. The van der Waals surface area contributed by atoms with Crippen molar-refractivity contribution in [1.29, 1.82) is 0 Å². The topological polar surface area (TPSA) is 9.23 Å². The molecule has 0 fully saturated rings. The minimum Gasteiger partial charge on any atom is -0.540 e. The second kappa shape index (κ2) is 5.97. The van der Waals surface area contributed by atoms with Gasteiger partial charge in [-0.25, -0.2) is 0 Å². The largest absolute Gasteiger partial charge is 0.540 e. The summed E-state index contributed by atoms with van der Waals surface area (Å²) in [4.78, 5) is 1.15. The molecule has 0 spiro atoms. The van der Waals surface area contributed by atoms with Crippen LogP contribution in [0.5, 0.6) is 0 Å². The average molecular weight is 312 g/mol. The smallest absolute Gasteiger partial charge is 0.311 e. The van der Waals surface area contributed by atoms with E-state index in [0.717, 1.165) is 4.90 Å². The molecule has 0 saturated heterocycles. The Morgan fingerprint density at radius 2 is 1.55 bits per heavy atom. The highest BCUT2D eigenvalue weighted by molar-refractivity contribution is 8.22. The van der Waals surface area contributed by atoms with E-state index >= 15 is 0 Å². The summed E-state index contributed by atoms with van der Waals surface area (Å²) in [6.07, 6.45) is 2.27. The van der Waals surface area contributed by atoms with Gasteiger partial charge in [0.1, 0.15) is 0 Å². The first-order chi connectivity index (χ1) is 9.37. The fourth-order valence-corrected chi connectivity index (χ4v) is 4.12. The number of benzene rings is 1. The van der Waals surface area contributed by atoms with Gasteiger partial charge in [0.25, 0.3) is 0 Å². The summed E-state index contributed by atoms with van der Waals surface area (Å²) in [7, 11) is -2.47. The van der Waals surface area contributed by atoms with E-state index in [2.05, 4.69) is 10.8 Å². The van der Waals surface area contributed by atoms with Gasteiger partial charge in [-0.05, 0) is 47.5 Å².